The summed E-state index contributed by atoms with van der Waals surface area (Å²) in [5.41, 5.74) is 1.38. The Hall–Kier alpha value is -2.12. The van der Waals surface area contributed by atoms with Crippen LogP contribution >= 0.6 is 0 Å². The molecule has 0 saturated carbocycles. The third-order valence-electron chi connectivity index (χ3n) is 6.27. The number of hydrogen-bond donors (Lipinski definition) is 2. The standard InChI is InChI=1S/C21H31N5O2/c27-20-19(6-9-22-20)23-21(28)26-10-7-18(8-11-26)25-14-12-24(13-15-25)16-17-4-2-1-3-5-17/h1-5,18-19H,6-16H2,(H,22,27)(H,23,28)/t19-/m1/s1. The zero-order chi connectivity index (χ0) is 19.3. The molecule has 0 aromatic heterocycles. The smallest absolute Gasteiger partial charge is 0.318 e. The van der Waals surface area contributed by atoms with Crippen LogP contribution in [-0.2, 0) is 11.3 Å². The largest absolute Gasteiger partial charge is 0.354 e. The lowest BCUT2D eigenvalue weighted by Gasteiger charge is -2.42. The van der Waals surface area contributed by atoms with Gasteiger partial charge in [-0.3, -0.25) is 14.6 Å². The number of carbonyl (C=O) groups excluding carboxylic acids is 2. The zero-order valence-corrected chi connectivity index (χ0v) is 16.5. The maximum absolute atomic E-state index is 12.4. The summed E-state index contributed by atoms with van der Waals surface area (Å²) in [4.78, 5) is 31.0. The molecule has 0 unspecified atom stereocenters. The van der Waals surface area contributed by atoms with Crippen LogP contribution in [-0.4, -0.2) is 84.5 Å². The van der Waals surface area contributed by atoms with E-state index in [2.05, 4.69) is 50.8 Å². The van der Waals surface area contributed by atoms with Crippen molar-refractivity contribution in [3.05, 3.63) is 35.9 Å². The molecule has 4 rings (SSSR count). The van der Waals surface area contributed by atoms with Crippen molar-refractivity contribution in [3.8, 4) is 0 Å². The molecule has 1 aromatic carbocycles. The molecule has 3 heterocycles. The van der Waals surface area contributed by atoms with Crippen LogP contribution in [0.5, 0.6) is 0 Å². The van der Waals surface area contributed by atoms with Gasteiger partial charge in [0.2, 0.25) is 5.91 Å². The fourth-order valence-electron chi connectivity index (χ4n) is 4.53. The Labute approximate surface area is 167 Å². The molecule has 7 nitrogen and oxygen atoms in total. The first kappa shape index (κ1) is 19.2. The minimum absolute atomic E-state index is 0.0587. The SMILES string of the molecule is O=C1NCC[C@H]1NC(=O)N1CCC(N2CCN(Cc3ccccc3)CC2)CC1. The molecule has 0 spiro atoms. The Morgan fingerprint density at radius 2 is 1.71 bits per heavy atom. The van der Waals surface area contributed by atoms with E-state index in [1.807, 2.05) is 4.90 Å². The molecule has 0 radical (unpaired) electrons. The molecule has 3 saturated heterocycles. The Kier molecular flexibility index (Phi) is 6.12. The van der Waals surface area contributed by atoms with Crippen LogP contribution in [0.4, 0.5) is 4.79 Å². The molecular weight excluding hydrogens is 354 g/mol. The number of carbonyl (C=O) groups is 2. The quantitative estimate of drug-likeness (QED) is 0.807. The highest BCUT2D eigenvalue weighted by atomic mass is 16.2. The summed E-state index contributed by atoms with van der Waals surface area (Å²) >= 11 is 0. The lowest BCUT2D eigenvalue weighted by molar-refractivity contribution is -0.120. The Bertz CT molecular complexity index is 667. The minimum Gasteiger partial charge on any atom is -0.354 e. The number of nitrogens with one attached hydrogen (secondary N) is 2. The number of hydrogen-bond acceptors (Lipinski definition) is 4. The van der Waals surface area contributed by atoms with Gasteiger partial charge in [-0.05, 0) is 24.8 Å². The fraction of sp³-hybridized carbons (Fsp3) is 0.619. The van der Waals surface area contributed by atoms with Gasteiger partial charge in [0, 0.05) is 58.4 Å². The highest BCUT2D eigenvalue weighted by molar-refractivity contribution is 5.88. The predicted molar refractivity (Wildman–Crippen MR) is 108 cm³/mol. The van der Waals surface area contributed by atoms with Crippen molar-refractivity contribution in [3.63, 3.8) is 0 Å². The van der Waals surface area contributed by atoms with E-state index in [0.29, 0.717) is 19.0 Å². The number of piperazine rings is 1. The summed E-state index contributed by atoms with van der Waals surface area (Å²) < 4.78 is 0. The first-order chi connectivity index (χ1) is 13.7. The molecule has 3 amide bonds. The van der Waals surface area contributed by atoms with Crippen molar-refractivity contribution < 1.29 is 9.59 Å². The monoisotopic (exact) mass is 385 g/mol. The van der Waals surface area contributed by atoms with Crippen LogP contribution in [0, 0.1) is 0 Å². The molecule has 152 valence electrons. The second kappa shape index (κ2) is 8.92. The average molecular weight is 386 g/mol. The summed E-state index contributed by atoms with van der Waals surface area (Å²) in [5, 5.41) is 5.64. The van der Waals surface area contributed by atoms with Crippen LogP contribution < -0.4 is 10.6 Å². The van der Waals surface area contributed by atoms with E-state index in [-0.39, 0.29) is 18.0 Å². The third kappa shape index (κ3) is 4.64. The van der Waals surface area contributed by atoms with Crippen molar-refractivity contribution in [2.45, 2.75) is 37.9 Å². The molecule has 7 heteroatoms. The second-order valence-electron chi connectivity index (χ2n) is 8.10. The molecule has 2 N–H and O–H groups in total. The number of piperidine rings is 1. The first-order valence-corrected chi connectivity index (χ1v) is 10.5. The van der Waals surface area contributed by atoms with E-state index in [1.54, 1.807) is 0 Å². The molecular formula is C21H31N5O2. The molecule has 28 heavy (non-hydrogen) atoms. The Balaban J connectivity index is 1.18. The van der Waals surface area contributed by atoms with Gasteiger partial charge >= 0.3 is 6.03 Å². The average Bonchev–Trinajstić information content (AvgIpc) is 3.14. The molecule has 1 atom stereocenters. The van der Waals surface area contributed by atoms with Crippen molar-refractivity contribution in [2.75, 3.05) is 45.8 Å². The summed E-state index contributed by atoms with van der Waals surface area (Å²) in [6, 6.07) is 10.8. The van der Waals surface area contributed by atoms with Crippen LogP contribution in [0.15, 0.2) is 30.3 Å². The molecule has 1 aromatic rings. The van der Waals surface area contributed by atoms with Crippen LogP contribution in [0.1, 0.15) is 24.8 Å². The van der Waals surface area contributed by atoms with Gasteiger partial charge in [0.05, 0.1) is 0 Å². The van der Waals surface area contributed by atoms with E-state index in [0.717, 1.165) is 58.7 Å². The van der Waals surface area contributed by atoms with E-state index >= 15 is 0 Å². The maximum Gasteiger partial charge on any atom is 0.318 e. The zero-order valence-electron chi connectivity index (χ0n) is 16.5. The first-order valence-electron chi connectivity index (χ1n) is 10.5. The van der Waals surface area contributed by atoms with E-state index in [9.17, 15) is 9.59 Å². The number of urea groups is 1. The highest BCUT2D eigenvalue weighted by Gasteiger charge is 2.31. The number of rotatable bonds is 4. The van der Waals surface area contributed by atoms with Crippen LogP contribution in [0.3, 0.4) is 0 Å². The molecule has 3 aliphatic rings. The van der Waals surface area contributed by atoms with E-state index in [4.69, 9.17) is 0 Å². The third-order valence-corrected chi connectivity index (χ3v) is 6.27. The minimum atomic E-state index is -0.358. The van der Waals surface area contributed by atoms with Crippen LogP contribution in [0.2, 0.25) is 0 Å². The summed E-state index contributed by atoms with van der Waals surface area (Å²) in [7, 11) is 0. The van der Waals surface area contributed by atoms with Gasteiger partial charge in [0.25, 0.3) is 0 Å². The Morgan fingerprint density at radius 1 is 1.00 bits per heavy atom. The number of amides is 3. The van der Waals surface area contributed by atoms with Gasteiger partial charge in [0.1, 0.15) is 6.04 Å². The number of benzene rings is 1. The number of nitrogens with zero attached hydrogens (tertiary/aromatic N) is 3. The van der Waals surface area contributed by atoms with Gasteiger partial charge in [-0.2, -0.15) is 0 Å². The van der Waals surface area contributed by atoms with Crippen molar-refractivity contribution in [1.82, 2.24) is 25.3 Å². The van der Waals surface area contributed by atoms with E-state index in [1.165, 1.54) is 5.56 Å². The molecule has 0 bridgehead atoms. The highest BCUT2D eigenvalue weighted by Crippen LogP contribution is 2.19. The normalized spacial score (nSPS) is 24.9. The summed E-state index contributed by atoms with van der Waals surface area (Å²) in [5.74, 6) is -0.0587. The topological polar surface area (TPSA) is 67.9 Å². The van der Waals surface area contributed by atoms with Gasteiger partial charge in [-0.1, -0.05) is 30.3 Å². The summed E-state index contributed by atoms with van der Waals surface area (Å²) in [6.45, 7) is 7.64. The van der Waals surface area contributed by atoms with Gasteiger partial charge < -0.3 is 15.5 Å². The second-order valence-corrected chi connectivity index (χ2v) is 8.10. The Morgan fingerprint density at radius 3 is 2.36 bits per heavy atom. The lowest BCUT2D eigenvalue weighted by atomic mass is 10.0. The maximum atomic E-state index is 12.4. The van der Waals surface area contributed by atoms with Crippen molar-refractivity contribution in [2.24, 2.45) is 0 Å². The van der Waals surface area contributed by atoms with Crippen molar-refractivity contribution in [1.29, 1.82) is 0 Å². The van der Waals surface area contributed by atoms with Gasteiger partial charge in [-0.25, -0.2) is 4.79 Å². The fourth-order valence-corrected chi connectivity index (χ4v) is 4.53. The summed E-state index contributed by atoms with van der Waals surface area (Å²) in [6.07, 6.45) is 2.72. The predicted octanol–water partition coefficient (Wildman–Crippen LogP) is 0.867. The van der Waals surface area contributed by atoms with E-state index < -0.39 is 0 Å². The molecule has 3 aliphatic heterocycles. The molecule has 3 fully saturated rings. The van der Waals surface area contributed by atoms with Gasteiger partial charge in [0.15, 0.2) is 0 Å². The molecule has 0 aliphatic carbocycles. The number of likely N-dealkylation sites (tertiary alicyclic amines) is 1. The lowest BCUT2D eigenvalue weighted by Crippen LogP contribution is -2.55. The van der Waals surface area contributed by atoms with Crippen LogP contribution in [0.25, 0.3) is 0 Å². The van der Waals surface area contributed by atoms with Gasteiger partial charge in [-0.15, -0.1) is 0 Å². The van der Waals surface area contributed by atoms with Crippen molar-refractivity contribution >= 4 is 11.9 Å².